The predicted molar refractivity (Wildman–Crippen MR) is 103 cm³/mol. The summed E-state index contributed by atoms with van der Waals surface area (Å²) in [6.45, 7) is 8.82. The van der Waals surface area contributed by atoms with E-state index in [0.717, 1.165) is 22.6 Å². The first-order chi connectivity index (χ1) is 12.1. The van der Waals surface area contributed by atoms with Gasteiger partial charge in [0.15, 0.2) is 9.84 Å². The molecule has 1 aromatic carbocycles. The Kier molecular flexibility index (Phi) is 5.91. The number of aromatic nitrogens is 2. The van der Waals surface area contributed by atoms with E-state index >= 15 is 0 Å². The molecule has 26 heavy (non-hydrogen) atoms. The molecule has 0 N–H and O–H groups in total. The minimum Gasteiger partial charge on any atom is -0.340 e. The summed E-state index contributed by atoms with van der Waals surface area (Å²) in [6, 6.07) is 9.77. The normalized spacial score (nSPS) is 13.0. The van der Waals surface area contributed by atoms with Gasteiger partial charge in [0.05, 0.1) is 16.6 Å². The average Bonchev–Trinajstić information content (AvgIpc) is 2.89. The number of aryl methyl sites for hydroxylation is 1. The van der Waals surface area contributed by atoms with Crippen LogP contribution in [0.4, 0.5) is 0 Å². The second kappa shape index (κ2) is 7.61. The summed E-state index contributed by atoms with van der Waals surface area (Å²) in [5.74, 6) is -0.398. The van der Waals surface area contributed by atoms with Crippen molar-refractivity contribution in [3.63, 3.8) is 0 Å². The SMILES string of the molecule is Cc1nn(-c2ccccc2)c(C)c1CN(C)C(=O)C(C)S(=O)(=O)C(C)C. The van der Waals surface area contributed by atoms with Crippen LogP contribution in [0.15, 0.2) is 30.3 Å². The minimum atomic E-state index is -3.48. The Balaban J connectivity index is 2.26. The molecule has 0 spiro atoms. The molecule has 0 aliphatic carbocycles. The third-order valence-electron chi connectivity index (χ3n) is 4.71. The van der Waals surface area contributed by atoms with Crippen molar-refractivity contribution in [2.45, 2.75) is 51.7 Å². The van der Waals surface area contributed by atoms with Crippen molar-refractivity contribution < 1.29 is 13.2 Å². The van der Waals surface area contributed by atoms with Gasteiger partial charge in [-0.05, 0) is 46.8 Å². The van der Waals surface area contributed by atoms with Crippen LogP contribution in [0.25, 0.3) is 5.69 Å². The Bertz CT molecular complexity index is 886. The highest BCUT2D eigenvalue weighted by Crippen LogP contribution is 2.20. The zero-order valence-corrected chi connectivity index (χ0v) is 17.0. The van der Waals surface area contributed by atoms with Crippen molar-refractivity contribution >= 4 is 15.7 Å². The molecule has 0 aliphatic heterocycles. The van der Waals surface area contributed by atoms with Crippen molar-refractivity contribution in [3.05, 3.63) is 47.3 Å². The van der Waals surface area contributed by atoms with Gasteiger partial charge in [-0.25, -0.2) is 13.1 Å². The van der Waals surface area contributed by atoms with E-state index < -0.39 is 26.2 Å². The van der Waals surface area contributed by atoms with Crippen LogP contribution in [-0.4, -0.2) is 46.6 Å². The van der Waals surface area contributed by atoms with Crippen LogP contribution in [0.2, 0.25) is 0 Å². The second-order valence-corrected chi connectivity index (χ2v) is 9.70. The third-order valence-corrected chi connectivity index (χ3v) is 7.21. The van der Waals surface area contributed by atoms with Crippen LogP contribution in [0.3, 0.4) is 0 Å². The number of rotatable bonds is 6. The fraction of sp³-hybridized carbons (Fsp3) is 0.474. The lowest BCUT2D eigenvalue weighted by molar-refractivity contribution is -0.129. The lowest BCUT2D eigenvalue weighted by Crippen LogP contribution is -2.41. The molecule has 142 valence electrons. The van der Waals surface area contributed by atoms with Crippen molar-refractivity contribution in [2.24, 2.45) is 0 Å². The molecule has 1 aromatic heterocycles. The molecule has 0 radical (unpaired) electrons. The van der Waals surface area contributed by atoms with Gasteiger partial charge in [0.25, 0.3) is 0 Å². The molecular formula is C19H27N3O3S. The number of hydrogen-bond acceptors (Lipinski definition) is 4. The van der Waals surface area contributed by atoms with Crippen molar-refractivity contribution in [2.75, 3.05) is 7.05 Å². The van der Waals surface area contributed by atoms with Crippen molar-refractivity contribution in [3.8, 4) is 5.69 Å². The number of hydrogen-bond donors (Lipinski definition) is 0. The minimum absolute atomic E-state index is 0.321. The van der Waals surface area contributed by atoms with Gasteiger partial charge in [0.1, 0.15) is 5.25 Å². The molecule has 7 heteroatoms. The van der Waals surface area contributed by atoms with Gasteiger partial charge in [-0.2, -0.15) is 5.10 Å². The third kappa shape index (κ3) is 3.82. The molecule has 0 saturated heterocycles. The molecule has 1 unspecified atom stereocenters. The molecule has 2 aromatic rings. The molecule has 0 saturated carbocycles. The Hall–Kier alpha value is -2.15. The van der Waals surface area contributed by atoms with E-state index in [0.29, 0.717) is 6.54 Å². The summed E-state index contributed by atoms with van der Waals surface area (Å²) in [5.41, 5.74) is 3.64. The van der Waals surface area contributed by atoms with Crippen molar-refractivity contribution in [1.82, 2.24) is 14.7 Å². The number of sulfone groups is 1. The summed E-state index contributed by atoms with van der Waals surface area (Å²) in [5, 5.41) is 2.93. The molecule has 1 heterocycles. The summed E-state index contributed by atoms with van der Waals surface area (Å²) < 4.78 is 26.4. The zero-order valence-electron chi connectivity index (χ0n) is 16.2. The number of carbonyl (C=O) groups excluding carboxylic acids is 1. The topological polar surface area (TPSA) is 72.3 Å². The summed E-state index contributed by atoms with van der Waals surface area (Å²) >= 11 is 0. The van der Waals surface area contributed by atoms with Gasteiger partial charge in [-0.15, -0.1) is 0 Å². The second-order valence-electron chi connectivity index (χ2n) is 6.87. The molecule has 0 fully saturated rings. The number of nitrogens with zero attached hydrogens (tertiary/aromatic N) is 3. The lowest BCUT2D eigenvalue weighted by atomic mass is 10.2. The molecule has 1 amide bonds. The number of carbonyl (C=O) groups is 1. The standard InChI is InChI=1S/C19H27N3O3S/c1-13(2)26(24,25)16(5)19(23)21(6)12-18-14(3)20-22(15(18)4)17-10-8-7-9-11-17/h7-11,13,16H,12H2,1-6H3. The van der Waals surface area contributed by atoms with E-state index in [9.17, 15) is 13.2 Å². The molecule has 2 rings (SSSR count). The number of para-hydroxylation sites is 1. The first-order valence-corrected chi connectivity index (χ1v) is 10.3. The van der Waals surface area contributed by atoms with E-state index in [4.69, 9.17) is 0 Å². The van der Waals surface area contributed by atoms with Gasteiger partial charge in [0, 0.05) is 24.8 Å². The van der Waals surface area contributed by atoms with Crippen LogP contribution in [0, 0.1) is 13.8 Å². The lowest BCUT2D eigenvalue weighted by Gasteiger charge is -2.23. The molecule has 0 bridgehead atoms. The van der Waals surface area contributed by atoms with Crippen molar-refractivity contribution in [1.29, 1.82) is 0 Å². The molecule has 1 atom stereocenters. The average molecular weight is 378 g/mol. The Morgan fingerprint density at radius 1 is 1.15 bits per heavy atom. The van der Waals surface area contributed by atoms with E-state index in [1.165, 1.54) is 11.8 Å². The summed E-state index contributed by atoms with van der Waals surface area (Å²) in [7, 11) is -1.85. The zero-order chi connectivity index (χ0) is 19.6. The van der Waals surface area contributed by atoms with Gasteiger partial charge >= 0.3 is 0 Å². The molecule has 0 aliphatic rings. The van der Waals surface area contributed by atoms with E-state index in [1.54, 1.807) is 20.9 Å². The van der Waals surface area contributed by atoms with Crippen LogP contribution < -0.4 is 0 Å². The van der Waals surface area contributed by atoms with Gasteiger partial charge < -0.3 is 4.90 Å². The fourth-order valence-electron chi connectivity index (χ4n) is 2.90. The first kappa shape index (κ1) is 20.2. The van der Waals surface area contributed by atoms with E-state index in [1.807, 2.05) is 48.9 Å². The smallest absolute Gasteiger partial charge is 0.240 e. The predicted octanol–water partition coefficient (Wildman–Crippen LogP) is 2.66. The maximum atomic E-state index is 12.6. The highest BCUT2D eigenvalue weighted by atomic mass is 32.2. The Morgan fingerprint density at radius 3 is 2.27 bits per heavy atom. The van der Waals surface area contributed by atoms with Crippen LogP contribution >= 0.6 is 0 Å². The Morgan fingerprint density at radius 2 is 1.73 bits per heavy atom. The highest BCUT2D eigenvalue weighted by molar-refractivity contribution is 7.93. The fourth-order valence-corrected chi connectivity index (χ4v) is 4.18. The van der Waals surface area contributed by atoms with Gasteiger partial charge in [0.2, 0.25) is 5.91 Å². The maximum Gasteiger partial charge on any atom is 0.240 e. The van der Waals surface area contributed by atoms with Gasteiger partial charge in [-0.3, -0.25) is 4.79 Å². The first-order valence-electron chi connectivity index (χ1n) is 8.65. The maximum absolute atomic E-state index is 12.6. The number of amides is 1. The Labute approximate surface area is 155 Å². The van der Waals surface area contributed by atoms with Crippen LogP contribution in [0.5, 0.6) is 0 Å². The highest BCUT2D eigenvalue weighted by Gasteiger charge is 2.33. The van der Waals surface area contributed by atoms with E-state index in [2.05, 4.69) is 5.10 Å². The quantitative estimate of drug-likeness (QED) is 0.776. The summed E-state index contributed by atoms with van der Waals surface area (Å²) in [4.78, 5) is 14.1. The van der Waals surface area contributed by atoms with E-state index in [-0.39, 0.29) is 0 Å². The monoisotopic (exact) mass is 377 g/mol. The molecule has 6 nitrogen and oxygen atoms in total. The van der Waals surface area contributed by atoms with Gasteiger partial charge in [-0.1, -0.05) is 18.2 Å². The summed E-state index contributed by atoms with van der Waals surface area (Å²) in [6.07, 6.45) is 0. The van der Waals surface area contributed by atoms with Crippen LogP contribution in [-0.2, 0) is 21.2 Å². The molecular weight excluding hydrogens is 350 g/mol. The van der Waals surface area contributed by atoms with Crippen LogP contribution in [0.1, 0.15) is 37.7 Å². The number of benzene rings is 1. The largest absolute Gasteiger partial charge is 0.340 e.